The maximum Gasteiger partial charge on any atom is 0.358 e. The number of likely N-dealkylation sites (N-methyl/N-ethyl adjacent to an activating group) is 1. The number of aromatic nitrogens is 3. The first kappa shape index (κ1) is 14.4. The van der Waals surface area contributed by atoms with E-state index in [-0.39, 0.29) is 18.1 Å². The Morgan fingerprint density at radius 1 is 1.50 bits per heavy atom. The van der Waals surface area contributed by atoms with Crippen molar-refractivity contribution in [2.75, 3.05) is 27.2 Å². The molecule has 0 radical (unpaired) electrons. The number of carbonyl (C=O) groups excluding carboxylic acids is 1. The monoisotopic (exact) mass is 281 g/mol. The Balaban J connectivity index is 1.95. The molecule has 1 fully saturated rings. The van der Waals surface area contributed by atoms with Gasteiger partial charge >= 0.3 is 5.97 Å². The van der Waals surface area contributed by atoms with Crippen molar-refractivity contribution >= 4 is 11.9 Å². The number of amides is 1. The number of likely N-dealkylation sites (tertiary alicyclic amines) is 1. The van der Waals surface area contributed by atoms with Gasteiger partial charge in [0.1, 0.15) is 6.54 Å². The number of carboxylic acid groups (broad SMARTS) is 1. The largest absolute Gasteiger partial charge is 0.476 e. The maximum absolute atomic E-state index is 12.2. The van der Waals surface area contributed by atoms with Crippen molar-refractivity contribution in [1.82, 2.24) is 24.8 Å². The molecule has 1 unspecified atom stereocenters. The molecule has 0 aliphatic carbocycles. The third kappa shape index (κ3) is 3.32. The molecular weight excluding hydrogens is 262 g/mol. The summed E-state index contributed by atoms with van der Waals surface area (Å²) in [6, 6.07) is 0.373. The van der Waals surface area contributed by atoms with Crippen molar-refractivity contribution in [2.24, 2.45) is 0 Å². The van der Waals surface area contributed by atoms with Gasteiger partial charge < -0.3 is 14.9 Å². The summed E-state index contributed by atoms with van der Waals surface area (Å²) in [7, 11) is 4.02. The van der Waals surface area contributed by atoms with E-state index in [1.54, 1.807) is 4.90 Å². The Morgan fingerprint density at radius 3 is 2.85 bits per heavy atom. The van der Waals surface area contributed by atoms with Crippen LogP contribution in [0, 0.1) is 0 Å². The average Bonchev–Trinajstić information content (AvgIpc) is 2.87. The van der Waals surface area contributed by atoms with Crippen LogP contribution in [-0.4, -0.2) is 75.0 Å². The zero-order valence-electron chi connectivity index (χ0n) is 11.7. The number of hydrogen-bond donors (Lipinski definition) is 1. The summed E-state index contributed by atoms with van der Waals surface area (Å²) in [5.74, 6) is -1.20. The molecule has 1 amide bonds. The van der Waals surface area contributed by atoms with Crippen molar-refractivity contribution in [1.29, 1.82) is 0 Å². The zero-order chi connectivity index (χ0) is 14.7. The number of carbonyl (C=O) groups is 2. The van der Waals surface area contributed by atoms with Crippen LogP contribution < -0.4 is 0 Å². The minimum Gasteiger partial charge on any atom is -0.476 e. The average molecular weight is 281 g/mol. The smallest absolute Gasteiger partial charge is 0.358 e. The lowest BCUT2D eigenvalue weighted by molar-refractivity contribution is -0.134. The van der Waals surface area contributed by atoms with Gasteiger partial charge in [-0.05, 0) is 26.9 Å². The highest BCUT2D eigenvalue weighted by atomic mass is 16.4. The molecule has 1 N–H and O–H groups in total. The van der Waals surface area contributed by atoms with Gasteiger partial charge in [0.05, 0.1) is 6.20 Å². The van der Waals surface area contributed by atoms with Gasteiger partial charge in [0.25, 0.3) is 0 Å². The summed E-state index contributed by atoms with van der Waals surface area (Å²) in [6.45, 7) is 1.47. The molecule has 0 spiro atoms. The lowest BCUT2D eigenvalue weighted by Gasteiger charge is -2.36. The molecule has 1 aliphatic rings. The Bertz CT molecular complexity index is 499. The first-order valence-corrected chi connectivity index (χ1v) is 6.55. The molecule has 1 aromatic rings. The summed E-state index contributed by atoms with van der Waals surface area (Å²) < 4.78 is 1.27. The molecule has 2 heterocycles. The highest BCUT2D eigenvalue weighted by molar-refractivity contribution is 5.84. The number of hydrogen-bond acceptors (Lipinski definition) is 5. The first-order chi connectivity index (χ1) is 9.47. The highest BCUT2D eigenvalue weighted by Gasteiger charge is 2.25. The predicted molar refractivity (Wildman–Crippen MR) is 70.3 cm³/mol. The number of rotatable bonds is 4. The van der Waals surface area contributed by atoms with Crippen molar-refractivity contribution in [2.45, 2.75) is 25.4 Å². The standard InChI is InChI=1S/C12H19N5O3/c1-15(2)9-4-3-5-16(6-9)11(18)8-17-7-10(12(19)20)13-14-17/h7,9H,3-6,8H2,1-2H3,(H,19,20). The van der Waals surface area contributed by atoms with E-state index in [0.29, 0.717) is 12.6 Å². The van der Waals surface area contributed by atoms with Crippen molar-refractivity contribution in [3.63, 3.8) is 0 Å². The fraction of sp³-hybridized carbons (Fsp3) is 0.667. The number of piperidine rings is 1. The Morgan fingerprint density at radius 2 is 2.25 bits per heavy atom. The van der Waals surface area contributed by atoms with Crippen LogP contribution in [0.2, 0.25) is 0 Å². The molecular formula is C12H19N5O3. The third-order valence-electron chi connectivity index (χ3n) is 3.53. The van der Waals surface area contributed by atoms with Gasteiger partial charge in [-0.2, -0.15) is 0 Å². The Labute approximate surface area is 117 Å². The zero-order valence-corrected chi connectivity index (χ0v) is 11.7. The molecule has 1 saturated heterocycles. The van der Waals surface area contributed by atoms with Gasteiger partial charge in [-0.1, -0.05) is 5.21 Å². The summed E-state index contributed by atoms with van der Waals surface area (Å²) in [4.78, 5) is 26.8. The third-order valence-corrected chi connectivity index (χ3v) is 3.53. The van der Waals surface area contributed by atoms with E-state index in [1.165, 1.54) is 10.9 Å². The summed E-state index contributed by atoms with van der Waals surface area (Å²) in [6.07, 6.45) is 3.34. The molecule has 1 aromatic heterocycles. The molecule has 0 saturated carbocycles. The van der Waals surface area contributed by atoms with E-state index in [0.717, 1.165) is 19.4 Å². The predicted octanol–water partition coefficient (Wildman–Crippen LogP) is -0.471. The van der Waals surface area contributed by atoms with E-state index < -0.39 is 5.97 Å². The fourth-order valence-electron chi connectivity index (χ4n) is 2.32. The summed E-state index contributed by atoms with van der Waals surface area (Å²) in [5.41, 5.74) is -0.150. The Hall–Kier alpha value is -1.96. The number of carboxylic acids is 1. The van der Waals surface area contributed by atoms with E-state index in [2.05, 4.69) is 15.2 Å². The molecule has 1 aliphatic heterocycles. The first-order valence-electron chi connectivity index (χ1n) is 6.55. The molecule has 0 aromatic carbocycles. The van der Waals surface area contributed by atoms with E-state index in [1.807, 2.05) is 14.1 Å². The Kier molecular flexibility index (Phi) is 4.33. The van der Waals surface area contributed by atoms with E-state index in [4.69, 9.17) is 5.11 Å². The van der Waals surface area contributed by atoms with Crippen molar-refractivity contribution in [3.05, 3.63) is 11.9 Å². The van der Waals surface area contributed by atoms with Gasteiger partial charge in [-0.25, -0.2) is 9.48 Å². The SMILES string of the molecule is CN(C)C1CCCN(C(=O)Cn2cc(C(=O)O)nn2)C1. The van der Waals surface area contributed by atoms with Gasteiger partial charge in [-0.15, -0.1) is 5.10 Å². The molecule has 8 heteroatoms. The minimum atomic E-state index is -1.14. The van der Waals surface area contributed by atoms with Gasteiger partial charge in [0.15, 0.2) is 5.69 Å². The van der Waals surface area contributed by atoms with Crippen LogP contribution in [0.5, 0.6) is 0 Å². The summed E-state index contributed by atoms with van der Waals surface area (Å²) >= 11 is 0. The van der Waals surface area contributed by atoms with Crippen LogP contribution in [0.15, 0.2) is 6.20 Å². The normalized spacial score (nSPS) is 19.4. The molecule has 20 heavy (non-hydrogen) atoms. The second-order valence-electron chi connectivity index (χ2n) is 5.21. The lowest BCUT2D eigenvalue weighted by Crippen LogP contribution is -2.48. The fourth-order valence-corrected chi connectivity index (χ4v) is 2.32. The van der Waals surface area contributed by atoms with Crippen molar-refractivity contribution in [3.8, 4) is 0 Å². The maximum atomic E-state index is 12.2. The topological polar surface area (TPSA) is 91.6 Å². The summed E-state index contributed by atoms with van der Waals surface area (Å²) in [5, 5.41) is 15.9. The number of nitrogens with zero attached hydrogens (tertiary/aromatic N) is 5. The van der Waals surface area contributed by atoms with E-state index in [9.17, 15) is 9.59 Å². The van der Waals surface area contributed by atoms with Gasteiger partial charge in [0, 0.05) is 19.1 Å². The second kappa shape index (κ2) is 6.00. The molecule has 110 valence electrons. The van der Waals surface area contributed by atoms with Gasteiger partial charge in [0.2, 0.25) is 5.91 Å². The van der Waals surface area contributed by atoms with Crippen LogP contribution in [0.1, 0.15) is 23.3 Å². The molecule has 1 atom stereocenters. The quantitative estimate of drug-likeness (QED) is 0.802. The van der Waals surface area contributed by atoms with Crippen LogP contribution in [-0.2, 0) is 11.3 Å². The lowest BCUT2D eigenvalue weighted by atomic mass is 10.0. The van der Waals surface area contributed by atoms with Crippen molar-refractivity contribution < 1.29 is 14.7 Å². The highest BCUT2D eigenvalue weighted by Crippen LogP contribution is 2.14. The molecule has 0 bridgehead atoms. The van der Waals surface area contributed by atoms with Gasteiger partial charge in [-0.3, -0.25) is 4.79 Å². The minimum absolute atomic E-state index is 0.0282. The van der Waals surface area contributed by atoms with Crippen LogP contribution in [0.25, 0.3) is 0 Å². The number of aromatic carboxylic acids is 1. The van der Waals surface area contributed by atoms with E-state index >= 15 is 0 Å². The molecule has 2 rings (SSSR count). The van der Waals surface area contributed by atoms with Crippen LogP contribution in [0.3, 0.4) is 0 Å². The molecule has 8 nitrogen and oxygen atoms in total. The van der Waals surface area contributed by atoms with Crippen LogP contribution in [0.4, 0.5) is 0 Å². The van der Waals surface area contributed by atoms with Crippen LogP contribution >= 0.6 is 0 Å². The second-order valence-corrected chi connectivity index (χ2v) is 5.21.